The summed E-state index contributed by atoms with van der Waals surface area (Å²) in [5, 5.41) is 15.2. The van der Waals surface area contributed by atoms with Crippen LogP contribution in [-0.4, -0.2) is 43.0 Å². The number of carbonyl (C=O) groups is 1. The van der Waals surface area contributed by atoms with E-state index in [4.69, 9.17) is 9.84 Å². The van der Waals surface area contributed by atoms with Crippen molar-refractivity contribution in [1.82, 2.24) is 10.6 Å². The fraction of sp³-hybridized carbons (Fsp3) is 0.941. The van der Waals surface area contributed by atoms with Gasteiger partial charge < -0.3 is 20.5 Å². The molecule has 0 aromatic carbocycles. The summed E-state index contributed by atoms with van der Waals surface area (Å²) in [5.41, 5.74) is 0.0958. The number of aliphatic hydroxyl groups is 1. The van der Waals surface area contributed by atoms with Crippen molar-refractivity contribution in [2.45, 2.75) is 71.4 Å². The van der Waals surface area contributed by atoms with E-state index in [9.17, 15) is 4.79 Å². The second kappa shape index (κ2) is 7.18. The first kappa shape index (κ1) is 17.5. The van der Waals surface area contributed by atoms with Gasteiger partial charge in [0, 0.05) is 31.2 Å². The standard InChI is InChI=1S/C17H32N2O3/c1-4-22-14-11-13(17(14)7-5-6-8-17)19-15(21)18-12-16(2,3)9-10-20/h13-14,20H,4-12H2,1-3H3,(H2,18,19,21). The topological polar surface area (TPSA) is 70.6 Å². The van der Waals surface area contributed by atoms with Crippen LogP contribution >= 0.6 is 0 Å². The van der Waals surface area contributed by atoms with Gasteiger partial charge in [0.1, 0.15) is 0 Å². The summed E-state index contributed by atoms with van der Waals surface area (Å²) in [6, 6.07) is 0.157. The van der Waals surface area contributed by atoms with E-state index in [2.05, 4.69) is 24.5 Å². The molecular weight excluding hydrogens is 280 g/mol. The van der Waals surface area contributed by atoms with Gasteiger partial charge in [-0.3, -0.25) is 0 Å². The quantitative estimate of drug-likeness (QED) is 0.676. The van der Waals surface area contributed by atoms with Gasteiger partial charge in [-0.2, -0.15) is 0 Å². The molecular formula is C17H32N2O3. The number of rotatable bonds is 7. The van der Waals surface area contributed by atoms with Crippen molar-refractivity contribution in [3.63, 3.8) is 0 Å². The molecule has 2 aliphatic rings. The van der Waals surface area contributed by atoms with Crippen LogP contribution in [0.25, 0.3) is 0 Å². The van der Waals surface area contributed by atoms with Crippen LogP contribution in [0.15, 0.2) is 0 Å². The second-order valence-electron chi connectivity index (χ2n) is 7.64. The maximum atomic E-state index is 12.2. The molecule has 0 radical (unpaired) electrons. The van der Waals surface area contributed by atoms with Crippen molar-refractivity contribution < 1.29 is 14.6 Å². The molecule has 1 spiro atoms. The van der Waals surface area contributed by atoms with E-state index in [1.807, 2.05) is 6.92 Å². The third-order valence-electron chi connectivity index (χ3n) is 5.51. The van der Waals surface area contributed by atoms with Crippen molar-refractivity contribution in [2.75, 3.05) is 19.8 Å². The van der Waals surface area contributed by atoms with Crippen molar-refractivity contribution in [3.8, 4) is 0 Å². The summed E-state index contributed by atoms with van der Waals surface area (Å²) in [5.74, 6) is 0. The number of carbonyl (C=O) groups excluding carboxylic acids is 1. The van der Waals surface area contributed by atoms with Gasteiger partial charge in [-0.15, -0.1) is 0 Å². The Morgan fingerprint density at radius 3 is 2.64 bits per heavy atom. The predicted octanol–water partition coefficient (Wildman–Crippen LogP) is 2.43. The summed E-state index contributed by atoms with van der Waals surface area (Å²) in [6.07, 6.45) is 6.75. The first-order chi connectivity index (χ1) is 10.4. The third-order valence-corrected chi connectivity index (χ3v) is 5.51. The Morgan fingerprint density at radius 1 is 1.36 bits per heavy atom. The highest BCUT2D eigenvalue weighted by Gasteiger charge is 2.57. The number of urea groups is 1. The molecule has 0 aromatic rings. The molecule has 5 heteroatoms. The van der Waals surface area contributed by atoms with Crippen molar-refractivity contribution in [1.29, 1.82) is 0 Å². The van der Waals surface area contributed by atoms with E-state index in [0.717, 1.165) is 13.0 Å². The molecule has 2 aliphatic carbocycles. The molecule has 22 heavy (non-hydrogen) atoms. The van der Waals surface area contributed by atoms with Gasteiger partial charge in [0.05, 0.1) is 6.10 Å². The molecule has 0 aliphatic heterocycles. The lowest BCUT2D eigenvalue weighted by molar-refractivity contribution is -0.126. The van der Waals surface area contributed by atoms with Gasteiger partial charge in [-0.1, -0.05) is 26.7 Å². The lowest BCUT2D eigenvalue weighted by Gasteiger charge is -2.54. The monoisotopic (exact) mass is 312 g/mol. The lowest BCUT2D eigenvalue weighted by atomic mass is 9.60. The van der Waals surface area contributed by atoms with Crippen LogP contribution in [0.2, 0.25) is 0 Å². The Bertz CT molecular complexity index is 378. The van der Waals surface area contributed by atoms with Crippen LogP contribution in [0.4, 0.5) is 4.79 Å². The highest BCUT2D eigenvalue weighted by atomic mass is 16.5. The average molecular weight is 312 g/mol. The number of hydrogen-bond donors (Lipinski definition) is 3. The lowest BCUT2D eigenvalue weighted by Crippen LogP contribution is -2.65. The molecule has 2 saturated carbocycles. The minimum absolute atomic E-state index is 0.0788. The zero-order chi connectivity index (χ0) is 16.2. The van der Waals surface area contributed by atoms with Gasteiger partial charge in [0.2, 0.25) is 0 Å². The molecule has 0 aromatic heterocycles. The van der Waals surface area contributed by atoms with Crippen LogP contribution < -0.4 is 10.6 Å². The molecule has 3 N–H and O–H groups in total. The third kappa shape index (κ3) is 3.74. The SMILES string of the molecule is CCOC1CC(NC(=O)NCC(C)(C)CCO)C12CCCC2. The molecule has 128 valence electrons. The maximum absolute atomic E-state index is 12.2. The molecule has 0 bridgehead atoms. The normalized spacial score (nSPS) is 26.7. The summed E-state index contributed by atoms with van der Waals surface area (Å²) >= 11 is 0. The molecule has 0 heterocycles. The smallest absolute Gasteiger partial charge is 0.315 e. The molecule has 2 atom stereocenters. The van der Waals surface area contributed by atoms with E-state index in [1.54, 1.807) is 0 Å². The summed E-state index contributed by atoms with van der Waals surface area (Å²) in [4.78, 5) is 12.2. The van der Waals surface area contributed by atoms with Crippen LogP contribution in [0.3, 0.4) is 0 Å². The Morgan fingerprint density at radius 2 is 2.05 bits per heavy atom. The number of nitrogens with one attached hydrogen (secondary N) is 2. The zero-order valence-electron chi connectivity index (χ0n) is 14.3. The van der Waals surface area contributed by atoms with Crippen molar-refractivity contribution in [2.24, 2.45) is 10.8 Å². The zero-order valence-corrected chi connectivity index (χ0v) is 14.3. The van der Waals surface area contributed by atoms with Gasteiger partial charge in [0.25, 0.3) is 0 Å². The van der Waals surface area contributed by atoms with E-state index in [1.165, 1.54) is 25.7 Å². The molecule has 2 fully saturated rings. The van der Waals surface area contributed by atoms with E-state index in [0.29, 0.717) is 19.1 Å². The Labute approximate surface area is 134 Å². The van der Waals surface area contributed by atoms with Gasteiger partial charge in [-0.05, 0) is 38.0 Å². The van der Waals surface area contributed by atoms with Gasteiger partial charge in [-0.25, -0.2) is 4.79 Å². The number of amides is 2. The number of hydrogen-bond acceptors (Lipinski definition) is 3. The van der Waals surface area contributed by atoms with Crippen LogP contribution in [0, 0.1) is 10.8 Å². The van der Waals surface area contributed by atoms with Crippen LogP contribution in [-0.2, 0) is 4.74 Å². The van der Waals surface area contributed by atoms with E-state index >= 15 is 0 Å². The van der Waals surface area contributed by atoms with Crippen LogP contribution in [0.1, 0.15) is 59.3 Å². The second-order valence-corrected chi connectivity index (χ2v) is 7.64. The molecule has 2 unspecified atom stereocenters. The maximum Gasteiger partial charge on any atom is 0.315 e. The minimum atomic E-state index is -0.0859. The van der Waals surface area contributed by atoms with Crippen LogP contribution in [0.5, 0.6) is 0 Å². The fourth-order valence-electron chi connectivity index (χ4n) is 4.01. The number of aliphatic hydroxyl groups excluding tert-OH is 1. The predicted molar refractivity (Wildman–Crippen MR) is 86.7 cm³/mol. The van der Waals surface area contributed by atoms with Gasteiger partial charge >= 0.3 is 6.03 Å². The first-order valence-electron chi connectivity index (χ1n) is 8.70. The van der Waals surface area contributed by atoms with Crippen molar-refractivity contribution >= 4 is 6.03 Å². The Balaban J connectivity index is 1.82. The van der Waals surface area contributed by atoms with Gasteiger partial charge in [0.15, 0.2) is 0 Å². The number of ether oxygens (including phenoxy) is 1. The average Bonchev–Trinajstić information content (AvgIpc) is 2.97. The van der Waals surface area contributed by atoms with E-state index in [-0.39, 0.29) is 29.5 Å². The first-order valence-corrected chi connectivity index (χ1v) is 8.70. The highest BCUT2D eigenvalue weighted by molar-refractivity contribution is 5.74. The Kier molecular flexibility index (Phi) is 5.72. The van der Waals surface area contributed by atoms with Crippen molar-refractivity contribution in [3.05, 3.63) is 0 Å². The van der Waals surface area contributed by atoms with E-state index < -0.39 is 0 Å². The minimum Gasteiger partial charge on any atom is -0.396 e. The molecule has 5 nitrogen and oxygen atoms in total. The summed E-state index contributed by atoms with van der Waals surface area (Å²) < 4.78 is 5.87. The fourth-order valence-corrected chi connectivity index (χ4v) is 4.01. The molecule has 2 amide bonds. The Hall–Kier alpha value is -0.810. The largest absolute Gasteiger partial charge is 0.396 e. The highest BCUT2D eigenvalue weighted by Crippen LogP contribution is 2.54. The molecule has 2 rings (SSSR count). The molecule has 0 saturated heterocycles. The summed E-state index contributed by atoms with van der Waals surface area (Å²) in [6.45, 7) is 7.62. The summed E-state index contributed by atoms with van der Waals surface area (Å²) in [7, 11) is 0.